The smallest absolute Gasteiger partial charge is 0.387 e. The predicted molar refractivity (Wildman–Crippen MR) is 73.3 cm³/mol. The second-order valence-corrected chi connectivity index (χ2v) is 4.59. The van der Waals surface area contributed by atoms with Crippen LogP contribution in [0, 0.1) is 13.8 Å². The highest BCUT2D eigenvalue weighted by Crippen LogP contribution is 2.26. The van der Waals surface area contributed by atoms with Gasteiger partial charge < -0.3 is 19.9 Å². The number of ether oxygens (including phenoxy) is 2. The van der Waals surface area contributed by atoms with Crippen molar-refractivity contribution in [1.82, 2.24) is 5.32 Å². The van der Waals surface area contributed by atoms with Crippen LogP contribution >= 0.6 is 0 Å². The highest BCUT2D eigenvalue weighted by atomic mass is 19.3. The molecule has 6 nitrogen and oxygen atoms in total. The number of amides is 1. The van der Waals surface area contributed by atoms with E-state index < -0.39 is 24.6 Å². The lowest BCUT2D eigenvalue weighted by Crippen LogP contribution is -2.37. The molecule has 0 spiro atoms. The van der Waals surface area contributed by atoms with Gasteiger partial charge in [-0.05, 0) is 37.1 Å². The van der Waals surface area contributed by atoms with Crippen LogP contribution in [0.25, 0.3) is 0 Å². The van der Waals surface area contributed by atoms with Crippen LogP contribution in [0.2, 0.25) is 0 Å². The number of alkyl halides is 2. The summed E-state index contributed by atoms with van der Waals surface area (Å²) < 4.78 is 33.7. The average molecular weight is 317 g/mol. The molecule has 0 saturated heterocycles. The number of halogens is 2. The number of carbonyl (C=O) groups is 2. The van der Waals surface area contributed by atoms with E-state index in [1.54, 1.807) is 0 Å². The SMILES string of the molecule is COC(CNC(=O)c1cc(C)c(OC(F)F)c(C)c1)C(=O)O. The van der Waals surface area contributed by atoms with Gasteiger partial charge in [0.05, 0.1) is 6.54 Å². The topological polar surface area (TPSA) is 84.9 Å². The molecule has 1 aromatic rings. The predicted octanol–water partition coefficient (Wildman–Crippen LogP) is 1.73. The maximum Gasteiger partial charge on any atom is 0.387 e. The fraction of sp³-hybridized carbons (Fsp3) is 0.429. The minimum atomic E-state index is -2.95. The Hall–Kier alpha value is -2.22. The molecule has 0 radical (unpaired) electrons. The number of rotatable bonds is 7. The van der Waals surface area contributed by atoms with E-state index in [1.807, 2.05) is 0 Å². The fourth-order valence-corrected chi connectivity index (χ4v) is 1.92. The van der Waals surface area contributed by atoms with Gasteiger partial charge in [0.1, 0.15) is 5.75 Å². The van der Waals surface area contributed by atoms with Gasteiger partial charge in [-0.2, -0.15) is 8.78 Å². The molecular formula is C14H17F2NO5. The van der Waals surface area contributed by atoms with Crippen molar-refractivity contribution in [3.63, 3.8) is 0 Å². The van der Waals surface area contributed by atoms with Crippen LogP contribution in [-0.4, -0.2) is 43.4 Å². The molecule has 8 heteroatoms. The Morgan fingerprint density at radius 2 is 1.82 bits per heavy atom. The first-order chi connectivity index (χ1) is 10.3. The molecule has 0 aromatic heterocycles. The van der Waals surface area contributed by atoms with Crippen molar-refractivity contribution < 1.29 is 33.0 Å². The van der Waals surface area contributed by atoms with Crippen molar-refractivity contribution >= 4 is 11.9 Å². The van der Waals surface area contributed by atoms with Crippen LogP contribution in [0.5, 0.6) is 5.75 Å². The van der Waals surface area contributed by atoms with Crippen LogP contribution < -0.4 is 10.1 Å². The Balaban J connectivity index is 2.85. The van der Waals surface area contributed by atoms with E-state index in [2.05, 4.69) is 10.1 Å². The largest absolute Gasteiger partial charge is 0.479 e. The molecule has 1 unspecified atom stereocenters. The van der Waals surface area contributed by atoms with Gasteiger partial charge in [-0.25, -0.2) is 4.79 Å². The molecule has 1 amide bonds. The van der Waals surface area contributed by atoms with Crippen LogP contribution in [-0.2, 0) is 9.53 Å². The molecule has 0 aliphatic carbocycles. The van der Waals surface area contributed by atoms with Crippen LogP contribution in [0.4, 0.5) is 8.78 Å². The Bertz CT molecular complexity index is 539. The third kappa shape index (κ3) is 4.66. The summed E-state index contributed by atoms with van der Waals surface area (Å²) in [6, 6.07) is 2.78. The normalized spacial score (nSPS) is 12.1. The molecule has 1 aromatic carbocycles. The lowest BCUT2D eigenvalue weighted by atomic mass is 10.1. The van der Waals surface area contributed by atoms with Crippen LogP contribution in [0.15, 0.2) is 12.1 Å². The molecule has 1 rings (SSSR count). The van der Waals surface area contributed by atoms with Gasteiger partial charge >= 0.3 is 12.6 Å². The van der Waals surface area contributed by atoms with E-state index in [4.69, 9.17) is 9.84 Å². The maximum absolute atomic E-state index is 12.3. The number of carboxylic acids is 1. The van der Waals surface area contributed by atoms with Crippen molar-refractivity contribution in [2.45, 2.75) is 26.6 Å². The zero-order valence-corrected chi connectivity index (χ0v) is 12.4. The lowest BCUT2D eigenvalue weighted by molar-refractivity contribution is -0.148. The summed E-state index contributed by atoms with van der Waals surface area (Å²) in [5.41, 5.74) is 0.982. The molecule has 0 aliphatic heterocycles. The summed E-state index contributed by atoms with van der Waals surface area (Å²) in [5, 5.41) is 11.2. The van der Waals surface area contributed by atoms with Crippen molar-refractivity contribution in [2.75, 3.05) is 13.7 Å². The summed E-state index contributed by atoms with van der Waals surface area (Å²) in [4.78, 5) is 22.7. The van der Waals surface area contributed by atoms with E-state index in [1.165, 1.54) is 33.1 Å². The average Bonchev–Trinajstić information content (AvgIpc) is 2.42. The van der Waals surface area contributed by atoms with Crippen molar-refractivity contribution in [3.8, 4) is 5.75 Å². The zero-order valence-electron chi connectivity index (χ0n) is 12.4. The van der Waals surface area contributed by atoms with Gasteiger partial charge in [-0.15, -0.1) is 0 Å². The van der Waals surface area contributed by atoms with Gasteiger partial charge in [-0.3, -0.25) is 4.79 Å². The first-order valence-electron chi connectivity index (χ1n) is 6.36. The molecule has 0 bridgehead atoms. The molecule has 0 heterocycles. The Morgan fingerprint density at radius 1 is 1.27 bits per heavy atom. The van der Waals surface area contributed by atoms with Gasteiger partial charge in [-0.1, -0.05) is 0 Å². The minimum absolute atomic E-state index is 0.0202. The van der Waals surface area contributed by atoms with Gasteiger partial charge in [0, 0.05) is 12.7 Å². The maximum atomic E-state index is 12.3. The molecular weight excluding hydrogens is 300 g/mol. The molecule has 0 saturated carbocycles. The number of carbonyl (C=O) groups excluding carboxylic acids is 1. The summed E-state index contributed by atoms with van der Waals surface area (Å²) in [7, 11) is 1.22. The second-order valence-electron chi connectivity index (χ2n) is 4.59. The highest BCUT2D eigenvalue weighted by Gasteiger charge is 2.19. The molecule has 22 heavy (non-hydrogen) atoms. The molecule has 122 valence electrons. The molecule has 0 fully saturated rings. The quantitative estimate of drug-likeness (QED) is 0.800. The van der Waals surface area contributed by atoms with E-state index in [9.17, 15) is 18.4 Å². The number of aryl methyl sites for hydroxylation is 2. The molecule has 0 aliphatic rings. The number of hydrogen-bond donors (Lipinski definition) is 2. The minimum Gasteiger partial charge on any atom is -0.479 e. The summed E-state index contributed by atoms with van der Waals surface area (Å²) >= 11 is 0. The number of hydrogen-bond acceptors (Lipinski definition) is 4. The first kappa shape index (κ1) is 17.8. The number of aliphatic carboxylic acids is 1. The summed E-state index contributed by atoms with van der Waals surface area (Å²) in [6.07, 6.45) is -1.16. The third-order valence-corrected chi connectivity index (χ3v) is 2.94. The van der Waals surface area contributed by atoms with E-state index in [0.717, 1.165) is 0 Å². The monoisotopic (exact) mass is 317 g/mol. The Kier molecular flexibility index (Phi) is 6.24. The Morgan fingerprint density at radius 3 is 2.23 bits per heavy atom. The third-order valence-electron chi connectivity index (χ3n) is 2.94. The molecule has 1 atom stereocenters. The van der Waals surface area contributed by atoms with Crippen LogP contribution in [0.1, 0.15) is 21.5 Å². The van der Waals surface area contributed by atoms with E-state index in [0.29, 0.717) is 11.1 Å². The Labute approximate surface area is 126 Å². The first-order valence-corrected chi connectivity index (χ1v) is 6.36. The van der Waals surface area contributed by atoms with Gasteiger partial charge in [0.15, 0.2) is 6.10 Å². The van der Waals surface area contributed by atoms with Crippen LogP contribution in [0.3, 0.4) is 0 Å². The van der Waals surface area contributed by atoms with Crippen molar-refractivity contribution in [2.24, 2.45) is 0 Å². The standard InChI is InChI=1S/C14H17F2NO5/c1-7-4-9(5-8(2)11(7)22-14(15)16)12(18)17-6-10(21-3)13(19)20/h4-5,10,14H,6H2,1-3H3,(H,17,18)(H,19,20). The number of methoxy groups -OCH3 is 1. The second kappa shape index (κ2) is 7.69. The summed E-state index contributed by atoms with van der Waals surface area (Å²) in [6.45, 7) is -0.0825. The van der Waals surface area contributed by atoms with Gasteiger partial charge in [0.2, 0.25) is 0 Å². The van der Waals surface area contributed by atoms with Crippen molar-refractivity contribution in [3.05, 3.63) is 28.8 Å². The number of nitrogens with one attached hydrogen (secondary N) is 1. The van der Waals surface area contributed by atoms with E-state index >= 15 is 0 Å². The highest BCUT2D eigenvalue weighted by molar-refractivity contribution is 5.95. The zero-order chi connectivity index (χ0) is 16.9. The van der Waals surface area contributed by atoms with Crippen molar-refractivity contribution in [1.29, 1.82) is 0 Å². The number of carboxylic acid groups (broad SMARTS) is 1. The number of benzene rings is 1. The fourth-order valence-electron chi connectivity index (χ4n) is 1.92. The molecule has 2 N–H and O–H groups in total. The summed E-state index contributed by atoms with van der Waals surface area (Å²) in [5.74, 6) is -1.71. The van der Waals surface area contributed by atoms with E-state index in [-0.39, 0.29) is 17.9 Å². The van der Waals surface area contributed by atoms with Gasteiger partial charge in [0.25, 0.3) is 5.91 Å². The lowest BCUT2D eigenvalue weighted by Gasteiger charge is -2.14.